The second-order valence-corrected chi connectivity index (χ2v) is 10.9. The van der Waals surface area contributed by atoms with E-state index >= 15 is 0 Å². The van der Waals surface area contributed by atoms with E-state index < -0.39 is 23.8 Å². The number of fused-ring (bicyclic) bond motifs is 2. The zero-order valence-corrected chi connectivity index (χ0v) is 21.7. The van der Waals surface area contributed by atoms with Crippen LogP contribution in [0.1, 0.15) is 45.6 Å². The molecule has 3 heterocycles. The molecular formula is C28H31N7O3. The number of rotatable bonds is 6. The van der Waals surface area contributed by atoms with Gasteiger partial charge in [-0.1, -0.05) is 17.3 Å². The van der Waals surface area contributed by atoms with Crippen LogP contribution in [0.25, 0.3) is 16.9 Å². The van der Waals surface area contributed by atoms with Crippen molar-refractivity contribution >= 4 is 12.0 Å². The highest BCUT2D eigenvalue weighted by Crippen LogP contribution is 2.43. The molecule has 0 spiro atoms. The van der Waals surface area contributed by atoms with Gasteiger partial charge in [0.1, 0.15) is 23.4 Å². The summed E-state index contributed by atoms with van der Waals surface area (Å²) < 4.78 is 7.27. The summed E-state index contributed by atoms with van der Waals surface area (Å²) in [6, 6.07) is 12.2. The first-order valence-electron chi connectivity index (χ1n) is 12.9. The van der Waals surface area contributed by atoms with Crippen LogP contribution in [0.2, 0.25) is 0 Å². The molecule has 1 saturated carbocycles. The highest BCUT2D eigenvalue weighted by Gasteiger charge is 2.52. The molecule has 10 heteroatoms. The number of nitrogens with zero attached hydrogens (tertiary/aromatic N) is 6. The van der Waals surface area contributed by atoms with Gasteiger partial charge in [-0.2, -0.15) is 5.26 Å². The maximum Gasteiger partial charge on any atom is 0.411 e. The molecule has 1 aliphatic heterocycles. The van der Waals surface area contributed by atoms with Crippen molar-refractivity contribution in [1.82, 2.24) is 30.2 Å². The average molecular weight is 514 g/mol. The fourth-order valence-corrected chi connectivity index (χ4v) is 5.35. The van der Waals surface area contributed by atoms with Crippen LogP contribution in [-0.4, -0.2) is 60.6 Å². The fourth-order valence-electron chi connectivity index (χ4n) is 5.35. The fraction of sp³-hybridized carbons (Fsp3) is 0.429. The summed E-state index contributed by atoms with van der Waals surface area (Å²) in [6.45, 7) is 5.44. The molecule has 2 aliphatic rings. The Morgan fingerprint density at radius 3 is 2.58 bits per heavy atom. The SMILES string of the molecule is CC(C)(C)OC(=O)N1[C@@H]2CC[C@@H](C2)[C@H]1C(=O)N[C@H](C#N)Cc1ccc(-n2cc(-c3ccncc3)nn2)cc1. The van der Waals surface area contributed by atoms with Gasteiger partial charge in [0.25, 0.3) is 0 Å². The number of ether oxygens (including phenoxy) is 1. The molecule has 1 aromatic carbocycles. The lowest BCUT2D eigenvalue weighted by Crippen LogP contribution is -2.55. The Morgan fingerprint density at radius 1 is 1.16 bits per heavy atom. The van der Waals surface area contributed by atoms with Crippen molar-refractivity contribution < 1.29 is 14.3 Å². The third kappa shape index (κ3) is 5.37. The van der Waals surface area contributed by atoms with E-state index in [9.17, 15) is 14.9 Å². The number of likely N-dealkylation sites (tertiary alicyclic amines) is 1. The summed E-state index contributed by atoms with van der Waals surface area (Å²) in [5.74, 6) is -0.205. The van der Waals surface area contributed by atoms with E-state index in [4.69, 9.17) is 4.74 Å². The van der Waals surface area contributed by atoms with Crippen LogP contribution in [0.15, 0.2) is 55.0 Å². The zero-order valence-electron chi connectivity index (χ0n) is 21.7. The molecule has 0 unspecified atom stereocenters. The second kappa shape index (κ2) is 10.2. The van der Waals surface area contributed by atoms with Gasteiger partial charge in [0.15, 0.2) is 0 Å². The third-order valence-electron chi connectivity index (χ3n) is 7.04. The van der Waals surface area contributed by atoms with Gasteiger partial charge in [0.2, 0.25) is 5.91 Å². The van der Waals surface area contributed by atoms with Gasteiger partial charge < -0.3 is 10.1 Å². The van der Waals surface area contributed by atoms with Crippen molar-refractivity contribution in [2.75, 3.05) is 0 Å². The first-order valence-corrected chi connectivity index (χ1v) is 12.9. The van der Waals surface area contributed by atoms with E-state index in [1.807, 2.05) is 63.4 Å². The molecule has 2 fully saturated rings. The van der Waals surface area contributed by atoms with Crippen molar-refractivity contribution in [1.29, 1.82) is 5.26 Å². The van der Waals surface area contributed by atoms with E-state index in [-0.39, 0.29) is 17.9 Å². The molecule has 38 heavy (non-hydrogen) atoms. The number of carbonyl (C=O) groups is 2. The molecule has 2 amide bonds. The number of aromatic nitrogens is 4. The minimum atomic E-state index is -0.724. The molecule has 5 rings (SSSR count). The Kier molecular flexibility index (Phi) is 6.85. The molecule has 10 nitrogen and oxygen atoms in total. The predicted octanol–water partition coefficient (Wildman–Crippen LogP) is 3.67. The number of nitriles is 1. The number of hydrogen-bond acceptors (Lipinski definition) is 7. The van der Waals surface area contributed by atoms with Crippen LogP contribution in [-0.2, 0) is 16.0 Å². The lowest BCUT2D eigenvalue weighted by molar-refractivity contribution is -0.128. The highest BCUT2D eigenvalue weighted by atomic mass is 16.6. The minimum absolute atomic E-state index is 0.00883. The van der Waals surface area contributed by atoms with Gasteiger partial charge in [-0.05, 0) is 75.8 Å². The van der Waals surface area contributed by atoms with E-state index in [0.717, 1.165) is 41.8 Å². The molecule has 1 saturated heterocycles. The number of hydrogen-bond donors (Lipinski definition) is 1. The summed E-state index contributed by atoms with van der Waals surface area (Å²) in [5.41, 5.74) is 2.75. The quantitative estimate of drug-likeness (QED) is 0.533. The van der Waals surface area contributed by atoms with Gasteiger partial charge in [-0.15, -0.1) is 5.10 Å². The zero-order chi connectivity index (χ0) is 26.9. The molecule has 4 atom stereocenters. The molecule has 1 aliphatic carbocycles. The number of pyridine rings is 1. The Hall–Kier alpha value is -4.26. The minimum Gasteiger partial charge on any atom is -0.444 e. The van der Waals surface area contributed by atoms with Gasteiger partial charge in [0, 0.05) is 30.4 Å². The van der Waals surface area contributed by atoms with Crippen LogP contribution >= 0.6 is 0 Å². The first kappa shape index (κ1) is 25.4. The van der Waals surface area contributed by atoms with Gasteiger partial charge in [-0.25, -0.2) is 9.48 Å². The van der Waals surface area contributed by atoms with Crippen molar-refractivity contribution in [3.63, 3.8) is 0 Å². The number of carbonyl (C=O) groups excluding carboxylic acids is 2. The van der Waals surface area contributed by atoms with Crippen LogP contribution in [0.3, 0.4) is 0 Å². The average Bonchev–Trinajstić information content (AvgIpc) is 3.65. The standard InChI is InChI=1S/C28H31N7O3/c1-28(2,3)38-27(37)35-23-9-6-20(15-23)25(35)26(36)31-21(16-29)14-18-4-7-22(8-5-18)34-17-24(32-33-34)19-10-12-30-13-11-19/h4-5,7-8,10-13,17,20-21,23,25H,6,9,14-15H2,1-3H3,(H,31,36)/t20-,21-,23+,25-/m0/s1. The number of benzene rings is 1. The summed E-state index contributed by atoms with van der Waals surface area (Å²) >= 11 is 0. The molecule has 2 aromatic heterocycles. The molecule has 2 bridgehead atoms. The van der Waals surface area contributed by atoms with Crippen LogP contribution < -0.4 is 5.32 Å². The number of amides is 2. The predicted molar refractivity (Wildman–Crippen MR) is 139 cm³/mol. The normalized spacial score (nSPS) is 21.1. The van der Waals surface area contributed by atoms with Gasteiger partial charge in [0.05, 0.1) is 18.0 Å². The molecule has 1 N–H and O–H groups in total. The van der Waals surface area contributed by atoms with Gasteiger partial charge >= 0.3 is 6.09 Å². The van der Waals surface area contributed by atoms with Crippen LogP contribution in [0, 0.1) is 17.2 Å². The third-order valence-corrected chi connectivity index (χ3v) is 7.04. The van der Waals surface area contributed by atoms with Crippen molar-refractivity contribution in [2.45, 2.75) is 70.2 Å². The van der Waals surface area contributed by atoms with Crippen LogP contribution in [0.4, 0.5) is 4.79 Å². The van der Waals surface area contributed by atoms with Gasteiger partial charge in [-0.3, -0.25) is 14.7 Å². The lowest BCUT2D eigenvalue weighted by atomic mass is 9.97. The lowest BCUT2D eigenvalue weighted by Gasteiger charge is -2.35. The van der Waals surface area contributed by atoms with E-state index in [1.165, 1.54) is 0 Å². The Labute approximate surface area is 221 Å². The van der Waals surface area contributed by atoms with Crippen molar-refractivity contribution in [2.24, 2.45) is 5.92 Å². The molecule has 0 radical (unpaired) electrons. The second-order valence-electron chi connectivity index (χ2n) is 10.9. The Bertz CT molecular complexity index is 1340. The molecule has 3 aromatic rings. The summed E-state index contributed by atoms with van der Waals surface area (Å²) in [7, 11) is 0. The van der Waals surface area contributed by atoms with E-state index in [0.29, 0.717) is 6.42 Å². The maximum absolute atomic E-state index is 13.3. The number of nitrogens with one attached hydrogen (secondary N) is 1. The Balaban J connectivity index is 1.23. The largest absolute Gasteiger partial charge is 0.444 e. The monoisotopic (exact) mass is 513 g/mol. The molecule has 196 valence electrons. The van der Waals surface area contributed by atoms with Crippen LogP contribution in [0.5, 0.6) is 0 Å². The molecular weight excluding hydrogens is 482 g/mol. The smallest absolute Gasteiger partial charge is 0.411 e. The summed E-state index contributed by atoms with van der Waals surface area (Å²) in [6.07, 6.45) is 7.70. The summed E-state index contributed by atoms with van der Waals surface area (Å²) in [5, 5.41) is 21.1. The van der Waals surface area contributed by atoms with E-state index in [1.54, 1.807) is 22.0 Å². The topological polar surface area (TPSA) is 126 Å². The first-order chi connectivity index (χ1) is 18.2. The Morgan fingerprint density at radius 2 is 1.89 bits per heavy atom. The highest BCUT2D eigenvalue weighted by molar-refractivity contribution is 5.87. The summed E-state index contributed by atoms with van der Waals surface area (Å²) in [4.78, 5) is 31.8. The van der Waals surface area contributed by atoms with E-state index in [2.05, 4.69) is 26.7 Å². The number of piperidine rings is 1. The maximum atomic E-state index is 13.3. The van der Waals surface area contributed by atoms with Crippen molar-refractivity contribution in [3.8, 4) is 23.0 Å². The van der Waals surface area contributed by atoms with Crippen molar-refractivity contribution in [3.05, 3.63) is 60.6 Å².